The Morgan fingerprint density at radius 2 is 1.93 bits per heavy atom. The minimum atomic E-state index is -0.299. The number of hydrogen-bond acceptors (Lipinski definition) is 4. The van der Waals surface area contributed by atoms with E-state index in [2.05, 4.69) is 5.32 Å². The normalized spacial score (nSPS) is 12.9. The first kappa shape index (κ1) is 18.2. The van der Waals surface area contributed by atoms with E-state index in [9.17, 15) is 9.18 Å². The number of nitrogens with zero attached hydrogens (tertiary/aromatic N) is 2. The van der Waals surface area contributed by atoms with Gasteiger partial charge in [0.25, 0.3) is 5.91 Å². The lowest BCUT2D eigenvalue weighted by Gasteiger charge is -2.19. The number of fused-ring (bicyclic) bond motifs is 1. The van der Waals surface area contributed by atoms with Gasteiger partial charge in [0.15, 0.2) is 6.61 Å². The number of anilines is 1. The summed E-state index contributed by atoms with van der Waals surface area (Å²) in [5.74, 6) is 0.141. The van der Waals surface area contributed by atoms with Crippen molar-refractivity contribution in [2.45, 2.75) is 13.5 Å². The number of ether oxygens (including phenoxy) is 1. The summed E-state index contributed by atoms with van der Waals surface area (Å²) in [5.41, 5.74) is 5.91. The minimum absolute atomic E-state index is 0.00877. The van der Waals surface area contributed by atoms with Crippen LogP contribution in [0.15, 0.2) is 65.5 Å². The molecule has 1 aliphatic heterocycles. The Labute approximate surface area is 171 Å². The second-order valence-corrected chi connectivity index (χ2v) is 7.15. The zero-order chi connectivity index (χ0) is 20.7. The van der Waals surface area contributed by atoms with Crippen LogP contribution in [0.2, 0.25) is 0 Å². The van der Waals surface area contributed by atoms with Gasteiger partial charge in [-0.15, -0.1) is 0 Å². The first-order valence-corrected chi connectivity index (χ1v) is 9.50. The van der Waals surface area contributed by atoms with E-state index < -0.39 is 0 Å². The van der Waals surface area contributed by atoms with Crippen molar-refractivity contribution in [2.75, 3.05) is 11.9 Å². The van der Waals surface area contributed by atoms with E-state index in [-0.39, 0.29) is 18.3 Å². The molecule has 0 saturated heterocycles. The van der Waals surface area contributed by atoms with Crippen molar-refractivity contribution in [3.8, 4) is 28.1 Å². The third-order valence-electron chi connectivity index (χ3n) is 5.06. The topological polar surface area (TPSA) is 69.3 Å². The molecule has 0 saturated carbocycles. The molecule has 0 atom stereocenters. The Hall–Kier alpha value is -3.87. The van der Waals surface area contributed by atoms with Gasteiger partial charge in [0.05, 0.1) is 36.1 Å². The second-order valence-electron chi connectivity index (χ2n) is 7.15. The van der Waals surface area contributed by atoms with Crippen LogP contribution in [-0.4, -0.2) is 22.3 Å². The predicted octanol–water partition coefficient (Wildman–Crippen LogP) is 4.64. The fraction of sp³-hybridized carbons (Fsp3) is 0.130. The average molecular weight is 403 g/mol. The average Bonchev–Trinajstić information content (AvgIpc) is 3.36. The highest BCUT2D eigenvalue weighted by Gasteiger charge is 2.22. The third-order valence-corrected chi connectivity index (χ3v) is 5.06. The van der Waals surface area contributed by atoms with Crippen LogP contribution in [0.5, 0.6) is 5.75 Å². The van der Waals surface area contributed by atoms with Crippen LogP contribution in [0.25, 0.3) is 22.4 Å². The number of amides is 1. The first-order valence-electron chi connectivity index (χ1n) is 9.50. The third kappa shape index (κ3) is 3.24. The Morgan fingerprint density at radius 3 is 2.70 bits per heavy atom. The molecule has 7 heteroatoms. The van der Waals surface area contributed by atoms with Crippen molar-refractivity contribution in [1.82, 2.24) is 9.78 Å². The maximum Gasteiger partial charge on any atom is 0.262 e. The van der Waals surface area contributed by atoms with Crippen molar-refractivity contribution in [2.24, 2.45) is 0 Å². The molecular formula is C23H18FN3O3. The summed E-state index contributed by atoms with van der Waals surface area (Å²) in [4.78, 5) is 11.7. The van der Waals surface area contributed by atoms with Gasteiger partial charge >= 0.3 is 0 Å². The summed E-state index contributed by atoms with van der Waals surface area (Å²) in [5, 5.41) is 7.60. The fourth-order valence-corrected chi connectivity index (χ4v) is 3.74. The van der Waals surface area contributed by atoms with E-state index in [1.165, 1.54) is 12.1 Å². The Balaban J connectivity index is 1.68. The van der Waals surface area contributed by atoms with Gasteiger partial charge in [0, 0.05) is 16.7 Å². The summed E-state index contributed by atoms with van der Waals surface area (Å²) in [6, 6.07) is 13.9. The summed E-state index contributed by atoms with van der Waals surface area (Å²) < 4.78 is 26.1. The summed E-state index contributed by atoms with van der Waals surface area (Å²) in [6.45, 7) is 2.45. The molecule has 2 aromatic carbocycles. The van der Waals surface area contributed by atoms with Crippen LogP contribution >= 0.6 is 0 Å². The Bertz CT molecular complexity index is 1230. The molecule has 0 aliphatic carbocycles. The lowest BCUT2D eigenvalue weighted by Crippen LogP contribution is -2.25. The van der Waals surface area contributed by atoms with E-state index in [0.29, 0.717) is 18.0 Å². The van der Waals surface area contributed by atoms with Gasteiger partial charge in [0.2, 0.25) is 0 Å². The predicted molar refractivity (Wildman–Crippen MR) is 110 cm³/mol. The Kier molecular flexibility index (Phi) is 4.35. The van der Waals surface area contributed by atoms with Crippen LogP contribution in [0.3, 0.4) is 0 Å². The maximum atomic E-state index is 13.6. The highest BCUT2D eigenvalue weighted by Crippen LogP contribution is 2.39. The van der Waals surface area contributed by atoms with Crippen LogP contribution in [0, 0.1) is 12.7 Å². The largest absolute Gasteiger partial charge is 0.482 e. The zero-order valence-corrected chi connectivity index (χ0v) is 16.2. The second kappa shape index (κ2) is 7.18. The quantitative estimate of drug-likeness (QED) is 0.539. The minimum Gasteiger partial charge on any atom is -0.482 e. The molecule has 150 valence electrons. The van der Waals surface area contributed by atoms with Gasteiger partial charge < -0.3 is 14.5 Å². The molecule has 0 unspecified atom stereocenters. The molecule has 1 amide bonds. The van der Waals surface area contributed by atoms with Crippen LogP contribution in [0.1, 0.15) is 11.3 Å². The van der Waals surface area contributed by atoms with Gasteiger partial charge in [-0.1, -0.05) is 6.07 Å². The molecule has 0 fully saturated rings. The highest BCUT2D eigenvalue weighted by atomic mass is 19.1. The van der Waals surface area contributed by atoms with Crippen molar-refractivity contribution in [3.05, 3.63) is 78.1 Å². The number of carbonyl (C=O) groups excluding carboxylic acids is 1. The number of nitrogens with one attached hydrogen (secondary N) is 1. The standard InChI is InChI=1S/C23H18FN3O3/c1-14-22(17-4-7-20-19(10-17)25-21(28)13-30-20)23(16-2-5-18(24)6-3-16)27(26-14)11-15-8-9-29-12-15/h2-10,12H,11,13H2,1H3,(H,25,28). The molecule has 6 nitrogen and oxygen atoms in total. The van der Waals surface area contributed by atoms with E-state index in [1.54, 1.807) is 24.7 Å². The smallest absolute Gasteiger partial charge is 0.262 e. The van der Waals surface area contributed by atoms with Crippen molar-refractivity contribution >= 4 is 11.6 Å². The van der Waals surface area contributed by atoms with E-state index >= 15 is 0 Å². The highest BCUT2D eigenvalue weighted by molar-refractivity contribution is 5.97. The number of carbonyl (C=O) groups is 1. The lowest BCUT2D eigenvalue weighted by atomic mass is 9.98. The molecular weight excluding hydrogens is 385 g/mol. The van der Waals surface area contributed by atoms with E-state index in [1.807, 2.05) is 35.9 Å². The van der Waals surface area contributed by atoms with Crippen molar-refractivity contribution < 1.29 is 18.3 Å². The van der Waals surface area contributed by atoms with E-state index in [4.69, 9.17) is 14.3 Å². The summed E-state index contributed by atoms with van der Waals surface area (Å²) >= 11 is 0. The van der Waals surface area contributed by atoms with Gasteiger partial charge in [0.1, 0.15) is 11.6 Å². The van der Waals surface area contributed by atoms with Crippen LogP contribution in [0.4, 0.5) is 10.1 Å². The molecule has 5 rings (SSSR count). The number of furan rings is 1. The van der Waals surface area contributed by atoms with Gasteiger partial charge in [-0.25, -0.2) is 4.39 Å². The SMILES string of the molecule is Cc1nn(Cc2ccoc2)c(-c2ccc(F)cc2)c1-c1ccc2c(c1)NC(=O)CO2. The number of halogens is 1. The maximum absolute atomic E-state index is 13.6. The van der Waals surface area contributed by atoms with Crippen molar-refractivity contribution in [3.63, 3.8) is 0 Å². The number of aromatic nitrogens is 2. The zero-order valence-electron chi connectivity index (χ0n) is 16.2. The lowest BCUT2D eigenvalue weighted by molar-refractivity contribution is -0.118. The fourth-order valence-electron chi connectivity index (χ4n) is 3.74. The molecule has 4 aromatic rings. The Morgan fingerprint density at radius 1 is 1.13 bits per heavy atom. The van der Waals surface area contributed by atoms with E-state index in [0.717, 1.165) is 33.6 Å². The molecule has 0 bridgehead atoms. The van der Waals surface area contributed by atoms with Gasteiger partial charge in [-0.3, -0.25) is 9.48 Å². The molecule has 0 spiro atoms. The number of hydrogen-bond donors (Lipinski definition) is 1. The molecule has 1 N–H and O–H groups in total. The van der Waals surface area contributed by atoms with Crippen molar-refractivity contribution in [1.29, 1.82) is 0 Å². The monoisotopic (exact) mass is 403 g/mol. The van der Waals surface area contributed by atoms with Crippen LogP contribution < -0.4 is 10.1 Å². The molecule has 3 heterocycles. The summed E-state index contributed by atoms with van der Waals surface area (Å²) in [7, 11) is 0. The first-order chi connectivity index (χ1) is 14.6. The molecule has 2 aromatic heterocycles. The number of aryl methyl sites for hydroxylation is 1. The van der Waals surface area contributed by atoms with Gasteiger partial charge in [-0.05, 0) is 55.0 Å². The van der Waals surface area contributed by atoms with Gasteiger partial charge in [-0.2, -0.15) is 5.10 Å². The molecule has 0 radical (unpaired) electrons. The number of benzene rings is 2. The molecule has 1 aliphatic rings. The summed E-state index contributed by atoms with van der Waals surface area (Å²) in [6.07, 6.45) is 3.30. The molecule has 30 heavy (non-hydrogen) atoms. The van der Waals surface area contributed by atoms with Crippen LogP contribution in [-0.2, 0) is 11.3 Å². The number of rotatable bonds is 4.